The van der Waals surface area contributed by atoms with Gasteiger partial charge in [0, 0.05) is 12.6 Å². The van der Waals surface area contributed by atoms with Crippen LogP contribution >= 0.6 is 0 Å². The van der Waals surface area contributed by atoms with Gasteiger partial charge in [0.05, 0.1) is 10.6 Å². The summed E-state index contributed by atoms with van der Waals surface area (Å²) in [6, 6.07) is 10.5. The highest BCUT2D eigenvalue weighted by Gasteiger charge is 2.23. The molecule has 3 rings (SSSR count). The Labute approximate surface area is 153 Å². The maximum atomic E-state index is 13.8. The van der Waals surface area contributed by atoms with Crippen LogP contribution in [0.4, 0.5) is 31.8 Å². The molecule has 1 heterocycles. The van der Waals surface area contributed by atoms with E-state index in [-0.39, 0.29) is 17.3 Å². The Balaban J connectivity index is 1.87. The molecule has 0 amide bonds. The first-order chi connectivity index (χ1) is 12.9. The molecule has 0 unspecified atom stereocenters. The maximum absolute atomic E-state index is 13.8. The van der Waals surface area contributed by atoms with E-state index >= 15 is 0 Å². The Morgan fingerprint density at radius 3 is 2.44 bits per heavy atom. The molecule has 9 heteroatoms. The molecule has 7 nitrogen and oxygen atoms in total. The van der Waals surface area contributed by atoms with Crippen LogP contribution in [-0.2, 0) is 6.54 Å². The van der Waals surface area contributed by atoms with E-state index in [9.17, 15) is 18.9 Å². The first-order valence-corrected chi connectivity index (χ1v) is 7.95. The number of aryl methyl sites for hydroxylation is 1. The molecule has 0 bridgehead atoms. The van der Waals surface area contributed by atoms with E-state index in [0.717, 1.165) is 29.6 Å². The minimum Gasteiger partial charge on any atom is -0.360 e. The summed E-state index contributed by atoms with van der Waals surface area (Å²) in [6.07, 6.45) is 1.12. The minimum absolute atomic E-state index is 0.0133. The second kappa shape index (κ2) is 7.73. The van der Waals surface area contributed by atoms with Crippen molar-refractivity contribution >= 4 is 23.0 Å². The summed E-state index contributed by atoms with van der Waals surface area (Å²) < 4.78 is 26.9. The van der Waals surface area contributed by atoms with Crippen molar-refractivity contribution in [3.63, 3.8) is 0 Å². The zero-order valence-corrected chi connectivity index (χ0v) is 14.2. The van der Waals surface area contributed by atoms with Crippen LogP contribution in [0.5, 0.6) is 0 Å². The molecule has 0 spiro atoms. The fourth-order valence-electron chi connectivity index (χ4n) is 2.38. The molecule has 2 N–H and O–H groups in total. The van der Waals surface area contributed by atoms with Gasteiger partial charge in [-0.3, -0.25) is 10.1 Å². The van der Waals surface area contributed by atoms with Gasteiger partial charge in [0.1, 0.15) is 18.0 Å². The van der Waals surface area contributed by atoms with Crippen molar-refractivity contribution in [3.8, 4) is 0 Å². The van der Waals surface area contributed by atoms with Gasteiger partial charge in [-0.25, -0.2) is 18.7 Å². The Bertz CT molecular complexity index is 980. The number of aromatic nitrogens is 2. The summed E-state index contributed by atoms with van der Waals surface area (Å²) in [5.41, 5.74) is 1.43. The zero-order valence-electron chi connectivity index (χ0n) is 14.2. The van der Waals surface area contributed by atoms with Gasteiger partial charge in [0.15, 0.2) is 0 Å². The average Bonchev–Trinajstić information content (AvgIpc) is 2.63. The number of nitrogens with zero attached hydrogens (tertiary/aromatic N) is 3. The van der Waals surface area contributed by atoms with Gasteiger partial charge in [-0.1, -0.05) is 29.8 Å². The summed E-state index contributed by atoms with van der Waals surface area (Å²) in [6.45, 7) is 2.27. The number of halogens is 2. The smallest absolute Gasteiger partial charge is 0.353 e. The van der Waals surface area contributed by atoms with Crippen LogP contribution in [0.2, 0.25) is 0 Å². The number of nitro groups is 1. The fraction of sp³-hybridized carbons (Fsp3) is 0.111. The van der Waals surface area contributed by atoms with Gasteiger partial charge in [-0.2, -0.15) is 0 Å². The van der Waals surface area contributed by atoms with E-state index < -0.39 is 22.2 Å². The van der Waals surface area contributed by atoms with E-state index in [1.807, 2.05) is 31.2 Å². The van der Waals surface area contributed by atoms with Crippen molar-refractivity contribution < 1.29 is 13.7 Å². The first kappa shape index (κ1) is 18.2. The summed E-state index contributed by atoms with van der Waals surface area (Å²) >= 11 is 0. The SMILES string of the molecule is Cc1ccc(CNc2ncnc(Nc3ccc(F)cc3F)c2[N+](=O)[O-])cc1. The molecule has 138 valence electrons. The quantitative estimate of drug-likeness (QED) is 0.495. The van der Waals surface area contributed by atoms with E-state index in [0.29, 0.717) is 12.6 Å². The molecule has 0 fully saturated rings. The maximum Gasteiger partial charge on any atom is 0.353 e. The van der Waals surface area contributed by atoms with Crippen LogP contribution in [0, 0.1) is 28.7 Å². The highest BCUT2D eigenvalue weighted by Crippen LogP contribution is 2.32. The minimum atomic E-state index is -0.892. The van der Waals surface area contributed by atoms with E-state index in [1.165, 1.54) is 0 Å². The monoisotopic (exact) mass is 371 g/mol. The van der Waals surface area contributed by atoms with Crippen LogP contribution < -0.4 is 10.6 Å². The van der Waals surface area contributed by atoms with Crippen LogP contribution in [0.15, 0.2) is 48.8 Å². The van der Waals surface area contributed by atoms with E-state index in [1.54, 1.807) is 0 Å². The number of hydrogen-bond acceptors (Lipinski definition) is 6. The molecular weight excluding hydrogens is 356 g/mol. The molecule has 1 aromatic heterocycles. The molecular formula is C18H15F2N5O2. The molecule has 0 saturated heterocycles. The zero-order chi connectivity index (χ0) is 19.4. The highest BCUT2D eigenvalue weighted by atomic mass is 19.1. The number of hydrogen-bond donors (Lipinski definition) is 2. The molecule has 0 aliphatic heterocycles. The third kappa shape index (κ3) is 4.32. The van der Waals surface area contributed by atoms with Crippen LogP contribution in [0.1, 0.15) is 11.1 Å². The Kier molecular flexibility index (Phi) is 5.20. The lowest BCUT2D eigenvalue weighted by atomic mass is 10.1. The van der Waals surface area contributed by atoms with Gasteiger partial charge in [-0.15, -0.1) is 0 Å². The van der Waals surface area contributed by atoms with Gasteiger partial charge in [-0.05, 0) is 24.6 Å². The summed E-state index contributed by atoms with van der Waals surface area (Å²) in [5, 5.41) is 16.9. The Morgan fingerprint density at radius 2 is 1.78 bits per heavy atom. The number of nitrogens with one attached hydrogen (secondary N) is 2. The highest BCUT2D eigenvalue weighted by molar-refractivity contribution is 5.73. The Morgan fingerprint density at radius 1 is 1.07 bits per heavy atom. The van der Waals surface area contributed by atoms with Gasteiger partial charge < -0.3 is 10.6 Å². The fourth-order valence-corrected chi connectivity index (χ4v) is 2.38. The van der Waals surface area contributed by atoms with Gasteiger partial charge in [0.25, 0.3) is 0 Å². The van der Waals surface area contributed by atoms with Crippen molar-refractivity contribution in [1.82, 2.24) is 9.97 Å². The molecule has 0 aliphatic rings. The second-order valence-electron chi connectivity index (χ2n) is 5.76. The van der Waals surface area contributed by atoms with Crippen molar-refractivity contribution in [3.05, 3.63) is 81.7 Å². The molecule has 0 atom stereocenters. The predicted molar refractivity (Wildman–Crippen MR) is 96.8 cm³/mol. The molecule has 27 heavy (non-hydrogen) atoms. The van der Waals surface area contributed by atoms with Gasteiger partial charge in [0.2, 0.25) is 11.6 Å². The van der Waals surface area contributed by atoms with Crippen LogP contribution in [0.3, 0.4) is 0 Å². The standard InChI is InChI=1S/C18H15F2N5O2/c1-11-2-4-12(5-3-11)9-21-17-16(25(26)27)18(23-10-22-17)24-15-7-6-13(19)8-14(15)20/h2-8,10H,9H2,1H3,(H2,21,22,23,24). The predicted octanol–water partition coefficient (Wildman–Crippen LogP) is 4.33. The largest absolute Gasteiger partial charge is 0.360 e. The molecule has 0 aliphatic carbocycles. The first-order valence-electron chi connectivity index (χ1n) is 7.95. The van der Waals surface area contributed by atoms with E-state index in [2.05, 4.69) is 20.6 Å². The number of rotatable bonds is 6. The molecule has 0 saturated carbocycles. The average molecular weight is 371 g/mol. The summed E-state index contributed by atoms with van der Waals surface area (Å²) in [5.74, 6) is -1.86. The number of anilines is 3. The van der Waals surface area contributed by atoms with Crippen molar-refractivity contribution in [2.24, 2.45) is 0 Å². The van der Waals surface area contributed by atoms with Crippen molar-refractivity contribution in [1.29, 1.82) is 0 Å². The van der Waals surface area contributed by atoms with Gasteiger partial charge >= 0.3 is 5.69 Å². The normalized spacial score (nSPS) is 10.5. The lowest BCUT2D eigenvalue weighted by molar-refractivity contribution is -0.383. The molecule has 2 aromatic carbocycles. The van der Waals surface area contributed by atoms with Crippen LogP contribution in [0.25, 0.3) is 0 Å². The van der Waals surface area contributed by atoms with Crippen molar-refractivity contribution in [2.45, 2.75) is 13.5 Å². The van der Waals surface area contributed by atoms with Crippen molar-refractivity contribution in [2.75, 3.05) is 10.6 Å². The topological polar surface area (TPSA) is 93.0 Å². The third-order valence-electron chi connectivity index (χ3n) is 3.77. The lowest BCUT2D eigenvalue weighted by Crippen LogP contribution is -2.08. The Hall–Kier alpha value is -3.62. The number of benzene rings is 2. The molecule has 0 radical (unpaired) electrons. The van der Waals surface area contributed by atoms with E-state index in [4.69, 9.17) is 0 Å². The molecule has 3 aromatic rings. The second-order valence-corrected chi connectivity index (χ2v) is 5.76. The van der Waals surface area contributed by atoms with Crippen LogP contribution in [-0.4, -0.2) is 14.9 Å². The third-order valence-corrected chi connectivity index (χ3v) is 3.77. The summed E-state index contributed by atoms with van der Waals surface area (Å²) in [4.78, 5) is 18.6. The summed E-state index contributed by atoms with van der Waals surface area (Å²) in [7, 11) is 0. The lowest BCUT2D eigenvalue weighted by Gasteiger charge is -2.11.